The third-order valence-electron chi connectivity index (χ3n) is 4.16. The van der Waals surface area contributed by atoms with Crippen LogP contribution >= 0.6 is 0 Å². The fraction of sp³-hybridized carbons (Fsp3) is 0.692. The molecule has 0 bridgehead atoms. The Morgan fingerprint density at radius 3 is 2.15 bits per heavy atom. The largest absolute Gasteiger partial charge is 0.480 e. The lowest BCUT2D eigenvalue weighted by molar-refractivity contribution is -0.141. The molecule has 0 aromatic carbocycles. The molecule has 0 aliphatic carbocycles. The highest BCUT2D eigenvalue weighted by Gasteiger charge is 2.47. The van der Waals surface area contributed by atoms with Gasteiger partial charge in [-0.15, -0.1) is 0 Å². The molecular formula is C13H23NO5Si. The first-order valence-electron chi connectivity index (χ1n) is 6.50. The second-order valence-electron chi connectivity index (χ2n) is 6.60. The van der Waals surface area contributed by atoms with E-state index in [4.69, 9.17) is 14.6 Å². The average Bonchev–Trinajstić information content (AvgIpc) is 2.54. The Labute approximate surface area is 120 Å². The molecule has 0 saturated carbocycles. The number of carboxylic acids is 1. The summed E-state index contributed by atoms with van der Waals surface area (Å²) < 4.78 is 6.11. The van der Waals surface area contributed by atoms with Crippen molar-refractivity contribution in [2.45, 2.75) is 57.5 Å². The van der Waals surface area contributed by atoms with Crippen LogP contribution in [0, 0.1) is 0 Å². The van der Waals surface area contributed by atoms with Gasteiger partial charge in [0.05, 0.1) is 6.10 Å². The van der Waals surface area contributed by atoms with E-state index in [2.05, 4.69) is 27.4 Å². The quantitative estimate of drug-likeness (QED) is 0.783. The van der Waals surface area contributed by atoms with Gasteiger partial charge in [0.1, 0.15) is 6.04 Å². The van der Waals surface area contributed by atoms with Crippen LogP contribution in [0.3, 0.4) is 0 Å². The molecule has 1 fully saturated rings. The van der Waals surface area contributed by atoms with Crippen molar-refractivity contribution in [2.75, 3.05) is 0 Å². The van der Waals surface area contributed by atoms with E-state index >= 15 is 0 Å². The summed E-state index contributed by atoms with van der Waals surface area (Å²) >= 11 is 0. The van der Waals surface area contributed by atoms with Crippen molar-refractivity contribution in [1.82, 2.24) is 4.90 Å². The highest BCUT2D eigenvalue weighted by atomic mass is 28.4. The monoisotopic (exact) mass is 301 g/mol. The van der Waals surface area contributed by atoms with E-state index in [1.54, 1.807) is 0 Å². The summed E-state index contributed by atoms with van der Waals surface area (Å²) in [5.74, 6) is -1.17. The Bertz CT molecular complexity index is 441. The van der Waals surface area contributed by atoms with Gasteiger partial charge in [0.2, 0.25) is 0 Å². The maximum absolute atomic E-state index is 11.2. The number of nitrogens with zero attached hydrogens (tertiary/aromatic N) is 1. The summed E-state index contributed by atoms with van der Waals surface area (Å²) in [7, 11) is -2.11. The molecule has 0 aromatic heterocycles. The van der Waals surface area contributed by atoms with Crippen LogP contribution in [-0.2, 0) is 9.22 Å². The van der Waals surface area contributed by atoms with Gasteiger partial charge in [-0.25, -0.2) is 9.59 Å². The number of hydrogen-bond acceptors (Lipinski definition) is 3. The van der Waals surface area contributed by atoms with Gasteiger partial charge in [0.15, 0.2) is 8.32 Å². The van der Waals surface area contributed by atoms with Crippen LogP contribution in [0.15, 0.2) is 12.3 Å². The number of hydrogen-bond donors (Lipinski definition) is 2. The second kappa shape index (κ2) is 5.21. The molecule has 2 atom stereocenters. The number of likely N-dealkylation sites (tertiary alicyclic amines) is 1. The van der Waals surface area contributed by atoms with Gasteiger partial charge in [0.25, 0.3) is 0 Å². The smallest absolute Gasteiger partial charge is 0.412 e. The molecular weight excluding hydrogens is 278 g/mol. The zero-order chi connectivity index (χ0) is 15.9. The van der Waals surface area contributed by atoms with Crippen LogP contribution in [0.1, 0.15) is 27.2 Å². The summed E-state index contributed by atoms with van der Waals surface area (Å²) in [5, 5.41) is 18.2. The first-order chi connectivity index (χ1) is 8.88. The van der Waals surface area contributed by atoms with Crippen molar-refractivity contribution in [3.8, 4) is 0 Å². The Morgan fingerprint density at radius 2 is 1.85 bits per heavy atom. The Hall–Kier alpha value is -1.34. The summed E-state index contributed by atoms with van der Waals surface area (Å²) in [6.07, 6.45) is -1.73. The van der Waals surface area contributed by atoms with E-state index in [9.17, 15) is 9.59 Å². The van der Waals surface area contributed by atoms with Crippen LogP contribution in [0.25, 0.3) is 0 Å². The van der Waals surface area contributed by atoms with Crippen LogP contribution in [0.4, 0.5) is 4.79 Å². The zero-order valence-corrected chi connectivity index (χ0v) is 13.6. The van der Waals surface area contributed by atoms with Gasteiger partial charge in [-0.3, -0.25) is 4.90 Å². The normalized spacial score (nSPS) is 24.1. The maximum Gasteiger partial charge on any atom is 0.412 e. The molecule has 6 nitrogen and oxygen atoms in total. The molecule has 1 heterocycles. The predicted molar refractivity (Wildman–Crippen MR) is 77.1 cm³/mol. The minimum Gasteiger partial charge on any atom is -0.480 e. The molecule has 0 aromatic rings. The number of carbonyl (C=O) groups is 2. The first-order valence-corrected chi connectivity index (χ1v) is 9.41. The van der Waals surface area contributed by atoms with E-state index in [1.165, 1.54) is 0 Å². The van der Waals surface area contributed by atoms with Crippen molar-refractivity contribution >= 4 is 20.4 Å². The molecule has 1 aliphatic rings. The molecule has 2 N–H and O–H groups in total. The summed E-state index contributed by atoms with van der Waals surface area (Å²) in [6, 6.07) is -1.12. The van der Waals surface area contributed by atoms with Gasteiger partial charge in [-0.05, 0) is 18.1 Å². The lowest BCUT2D eigenvalue weighted by atomic mass is 10.2. The van der Waals surface area contributed by atoms with E-state index < -0.39 is 32.5 Å². The summed E-state index contributed by atoms with van der Waals surface area (Å²) in [6.45, 7) is 14.0. The minimum atomic E-state index is -2.11. The van der Waals surface area contributed by atoms with E-state index in [-0.39, 0.29) is 17.2 Å². The fourth-order valence-electron chi connectivity index (χ4n) is 1.92. The standard InChI is InChI=1S/C13H23NO5Si/c1-8-10(19-20(5,6)13(2,3)4)7-9(11(15)16)14(8)12(17)18/h9-10H,1,7H2,2-6H3,(H,15,16)(H,17,18)/t9-,10+/m0/s1. The van der Waals surface area contributed by atoms with Crippen molar-refractivity contribution in [2.24, 2.45) is 0 Å². The molecule has 1 rings (SSSR count). The predicted octanol–water partition coefficient (Wildman–Crippen LogP) is 2.73. The second-order valence-corrected chi connectivity index (χ2v) is 11.4. The third-order valence-corrected chi connectivity index (χ3v) is 8.65. The average molecular weight is 301 g/mol. The van der Waals surface area contributed by atoms with Crippen LogP contribution in [0.5, 0.6) is 0 Å². The van der Waals surface area contributed by atoms with Gasteiger partial charge in [-0.2, -0.15) is 0 Å². The number of aliphatic carboxylic acids is 1. The number of rotatable bonds is 3. The van der Waals surface area contributed by atoms with Crippen molar-refractivity contribution < 1.29 is 24.2 Å². The Morgan fingerprint density at radius 1 is 1.35 bits per heavy atom. The van der Waals surface area contributed by atoms with Gasteiger partial charge >= 0.3 is 12.1 Å². The summed E-state index contributed by atoms with van der Waals surface area (Å²) in [4.78, 5) is 23.2. The van der Waals surface area contributed by atoms with Crippen LogP contribution in [-0.4, -0.2) is 47.6 Å². The van der Waals surface area contributed by atoms with Crippen molar-refractivity contribution in [3.05, 3.63) is 12.3 Å². The molecule has 1 amide bonds. The molecule has 0 radical (unpaired) electrons. The Balaban J connectivity index is 2.98. The fourth-order valence-corrected chi connectivity index (χ4v) is 3.21. The number of amides is 1. The zero-order valence-electron chi connectivity index (χ0n) is 12.6. The number of carboxylic acid groups (broad SMARTS) is 2. The molecule has 1 aliphatic heterocycles. The van der Waals surface area contributed by atoms with Crippen molar-refractivity contribution in [1.29, 1.82) is 0 Å². The van der Waals surface area contributed by atoms with E-state index in [0.29, 0.717) is 0 Å². The third kappa shape index (κ3) is 3.04. The van der Waals surface area contributed by atoms with Crippen LogP contribution in [0.2, 0.25) is 18.1 Å². The summed E-state index contributed by atoms with van der Waals surface area (Å²) in [5.41, 5.74) is 0.217. The highest BCUT2D eigenvalue weighted by Crippen LogP contribution is 2.40. The molecule has 0 unspecified atom stereocenters. The van der Waals surface area contributed by atoms with Gasteiger partial charge in [-0.1, -0.05) is 27.4 Å². The molecule has 114 valence electrons. The topological polar surface area (TPSA) is 87.1 Å². The maximum atomic E-state index is 11.2. The van der Waals surface area contributed by atoms with E-state index in [1.807, 2.05) is 13.1 Å². The van der Waals surface area contributed by atoms with Gasteiger partial charge in [0, 0.05) is 12.1 Å². The lowest BCUT2D eigenvalue weighted by Crippen LogP contribution is -2.44. The van der Waals surface area contributed by atoms with E-state index in [0.717, 1.165) is 4.90 Å². The first kappa shape index (κ1) is 16.7. The molecule has 1 saturated heterocycles. The highest BCUT2D eigenvalue weighted by molar-refractivity contribution is 6.74. The van der Waals surface area contributed by atoms with Crippen LogP contribution < -0.4 is 0 Å². The van der Waals surface area contributed by atoms with Crippen molar-refractivity contribution in [3.63, 3.8) is 0 Å². The molecule has 20 heavy (non-hydrogen) atoms. The molecule has 0 spiro atoms. The van der Waals surface area contributed by atoms with Gasteiger partial charge < -0.3 is 14.6 Å². The minimum absolute atomic E-state index is 0.0390. The Kier molecular flexibility index (Phi) is 4.36. The lowest BCUT2D eigenvalue weighted by Gasteiger charge is -2.38. The SMILES string of the molecule is C=C1[C@H](O[Si](C)(C)C(C)(C)C)C[C@@H](C(=O)O)N1C(=O)O. The molecule has 7 heteroatoms.